The fourth-order valence-electron chi connectivity index (χ4n) is 1.84. The SMILES string of the molecule is CC(C)(C)CCn1ccc2c(F)cccc21. The van der Waals surface area contributed by atoms with Gasteiger partial charge in [-0.1, -0.05) is 26.8 Å². The van der Waals surface area contributed by atoms with Crippen LogP contribution < -0.4 is 0 Å². The van der Waals surface area contributed by atoms with Crippen molar-refractivity contribution in [3.63, 3.8) is 0 Å². The predicted octanol–water partition coefficient (Wildman–Crippen LogP) is 4.22. The van der Waals surface area contributed by atoms with Crippen molar-refractivity contribution in [3.8, 4) is 0 Å². The molecule has 0 aliphatic carbocycles. The summed E-state index contributed by atoms with van der Waals surface area (Å²) in [6, 6.07) is 7.11. The van der Waals surface area contributed by atoms with E-state index in [1.54, 1.807) is 6.07 Å². The minimum absolute atomic E-state index is 0.132. The lowest BCUT2D eigenvalue weighted by atomic mass is 9.92. The summed E-state index contributed by atoms with van der Waals surface area (Å²) in [5.41, 5.74) is 1.30. The van der Waals surface area contributed by atoms with Crippen molar-refractivity contribution in [1.82, 2.24) is 4.57 Å². The molecule has 1 aromatic carbocycles. The average Bonchev–Trinajstić information content (AvgIpc) is 2.58. The van der Waals surface area contributed by atoms with Gasteiger partial charge in [0.2, 0.25) is 0 Å². The molecular weight excluding hydrogens is 201 g/mol. The zero-order valence-corrected chi connectivity index (χ0v) is 10.1. The third-order valence-corrected chi connectivity index (χ3v) is 2.86. The minimum atomic E-state index is -0.132. The summed E-state index contributed by atoms with van der Waals surface area (Å²) in [5.74, 6) is -0.132. The molecule has 2 aromatic rings. The Balaban J connectivity index is 2.29. The molecular formula is C14H18FN. The number of halogens is 1. The van der Waals surface area contributed by atoms with Crippen molar-refractivity contribution in [1.29, 1.82) is 0 Å². The molecule has 0 N–H and O–H groups in total. The lowest BCUT2D eigenvalue weighted by Gasteiger charge is -2.18. The van der Waals surface area contributed by atoms with E-state index in [1.165, 1.54) is 6.07 Å². The Labute approximate surface area is 95.9 Å². The van der Waals surface area contributed by atoms with Gasteiger partial charge in [-0.25, -0.2) is 4.39 Å². The maximum Gasteiger partial charge on any atom is 0.132 e. The van der Waals surface area contributed by atoms with Crippen molar-refractivity contribution < 1.29 is 4.39 Å². The van der Waals surface area contributed by atoms with Gasteiger partial charge in [0, 0.05) is 18.1 Å². The third kappa shape index (κ3) is 2.26. The van der Waals surface area contributed by atoms with Crippen molar-refractivity contribution in [2.45, 2.75) is 33.7 Å². The fraction of sp³-hybridized carbons (Fsp3) is 0.429. The molecule has 2 rings (SSSR count). The second-order valence-corrected chi connectivity index (χ2v) is 5.49. The smallest absolute Gasteiger partial charge is 0.132 e. The lowest BCUT2D eigenvalue weighted by molar-refractivity contribution is 0.353. The highest BCUT2D eigenvalue weighted by atomic mass is 19.1. The molecule has 0 aliphatic rings. The van der Waals surface area contributed by atoms with Crippen LogP contribution in [0, 0.1) is 11.2 Å². The highest BCUT2D eigenvalue weighted by Gasteiger charge is 2.11. The first kappa shape index (κ1) is 11.2. The van der Waals surface area contributed by atoms with E-state index in [1.807, 2.05) is 18.3 Å². The maximum absolute atomic E-state index is 13.5. The summed E-state index contributed by atoms with van der Waals surface area (Å²) in [6.45, 7) is 7.61. The number of aromatic nitrogens is 1. The molecule has 0 aliphatic heterocycles. The van der Waals surface area contributed by atoms with Crippen LogP contribution in [0.4, 0.5) is 4.39 Å². The largest absolute Gasteiger partial charge is 0.347 e. The van der Waals surface area contributed by atoms with Crippen molar-refractivity contribution in [2.75, 3.05) is 0 Å². The fourth-order valence-corrected chi connectivity index (χ4v) is 1.84. The summed E-state index contributed by atoms with van der Waals surface area (Å²) in [4.78, 5) is 0. The monoisotopic (exact) mass is 219 g/mol. The summed E-state index contributed by atoms with van der Waals surface area (Å²) in [5, 5.41) is 0.719. The van der Waals surface area contributed by atoms with Crippen LogP contribution in [0.5, 0.6) is 0 Å². The van der Waals surface area contributed by atoms with Gasteiger partial charge in [0.1, 0.15) is 5.82 Å². The first-order chi connectivity index (χ1) is 7.47. The Hall–Kier alpha value is -1.31. The highest BCUT2D eigenvalue weighted by molar-refractivity contribution is 5.80. The molecule has 1 nitrogen and oxygen atoms in total. The van der Waals surface area contributed by atoms with Gasteiger partial charge in [-0.2, -0.15) is 0 Å². The molecule has 1 aromatic heterocycles. The van der Waals surface area contributed by atoms with E-state index in [0.29, 0.717) is 5.41 Å². The normalized spacial score (nSPS) is 12.2. The summed E-state index contributed by atoms with van der Waals surface area (Å²) < 4.78 is 15.6. The van der Waals surface area contributed by atoms with E-state index in [4.69, 9.17) is 0 Å². The van der Waals surface area contributed by atoms with Crippen LogP contribution in [0.1, 0.15) is 27.2 Å². The standard InChI is InChI=1S/C14H18FN/c1-14(2,3)8-10-16-9-7-11-12(15)5-4-6-13(11)16/h4-7,9H,8,10H2,1-3H3. The number of hydrogen-bond acceptors (Lipinski definition) is 0. The van der Waals surface area contributed by atoms with Gasteiger partial charge < -0.3 is 4.57 Å². The van der Waals surface area contributed by atoms with Crippen molar-refractivity contribution >= 4 is 10.9 Å². The van der Waals surface area contributed by atoms with Gasteiger partial charge in [0.25, 0.3) is 0 Å². The van der Waals surface area contributed by atoms with E-state index in [0.717, 1.165) is 23.9 Å². The Bertz CT molecular complexity index is 491. The molecule has 0 radical (unpaired) electrons. The van der Waals surface area contributed by atoms with Gasteiger partial charge in [-0.15, -0.1) is 0 Å². The van der Waals surface area contributed by atoms with Gasteiger partial charge >= 0.3 is 0 Å². The van der Waals surface area contributed by atoms with Crippen LogP contribution in [0.25, 0.3) is 10.9 Å². The van der Waals surface area contributed by atoms with Crippen LogP contribution in [-0.4, -0.2) is 4.57 Å². The molecule has 16 heavy (non-hydrogen) atoms. The second kappa shape index (κ2) is 3.93. The number of nitrogens with zero attached hydrogens (tertiary/aromatic N) is 1. The molecule has 0 spiro atoms. The van der Waals surface area contributed by atoms with E-state index >= 15 is 0 Å². The van der Waals surface area contributed by atoms with Gasteiger partial charge in [-0.3, -0.25) is 0 Å². The van der Waals surface area contributed by atoms with E-state index in [9.17, 15) is 4.39 Å². The average molecular weight is 219 g/mol. The quantitative estimate of drug-likeness (QED) is 0.712. The Morgan fingerprint density at radius 1 is 1.19 bits per heavy atom. The van der Waals surface area contributed by atoms with Crippen LogP contribution in [0.3, 0.4) is 0 Å². The van der Waals surface area contributed by atoms with E-state index in [2.05, 4.69) is 25.3 Å². The first-order valence-electron chi connectivity index (χ1n) is 5.71. The second-order valence-electron chi connectivity index (χ2n) is 5.49. The number of aryl methyl sites for hydroxylation is 1. The first-order valence-corrected chi connectivity index (χ1v) is 5.71. The zero-order chi connectivity index (χ0) is 11.8. The maximum atomic E-state index is 13.5. The van der Waals surface area contributed by atoms with Crippen LogP contribution >= 0.6 is 0 Å². The van der Waals surface area contributed by atoms with Crippen molar-refractivity contribution in [2.24, 2.45) is 5.41 Å². The molecule has 0 saturated carbocycles. The molecule has 0 bridgehead atoms. The third-order valence-electron chi connectivity index (χ3n) is 2.86. The van der Waals surface area contributed by atoms with E-state index < -0.39 is 0 Å². The molecule has 0 saturated heterocycles. The minimum Gasteiger partial charge on any atom is -0.347 e. The Morgan fingerprint density at radius 3 is 2.62 bits per heavy atom. The lowest BCUT2D eigenvalue weighted by Crippen LogP contribution is -2.09. The number of fused-ring (bicyclic) bond motifs is 1. The number of benzene rings is 1. The summed E-state index contributed by atoms with van der Waals surface area (Å²) in [7, 11) is 0. The molecule has 0 atom stereocenters. The molecule has 1 heterocycles. The Morgan fingerprint density at radius 2 is 1.94 bits per heavy atom. The molecule has 0 amide bonds. The van der Waals surface area contributed by atoms with Gasteiger partial charge in [0.05, 0.1) is 5.52 Å². The van der Waals surface area contributed by atoms with Crippen molar-refractivity contribution in [3.05, 3.63) is 36.3 Å². The van der Waals surface area contributed by atoms with Gasteiger partial charge in [0.15, 0.2) is 0 Å². The molecule has 86 valence electrons. The number of hydrogen-bond donors (Lipinski definition) is 0. The number of rotatable bonds is 2. The van der Waals surface area contributed by atoms with Crippen LogP contribution in [0.2, 0.25) is 0 Å². The molecule has 0 unspecified atom stereocenters. The molecule has 0 fully saturated rings. The van der Waals surface area contributed by atoms with Crippen LogP contribution in [-0.2, 0) is 6.54 Å². The predicted molar refractivity (Wildman–Crippen MR) is 66.0 cm³/mol. The molecule has 2 heteroatoms. The Kier molecular flexibility index (Phi) is 2.75. The van der Waals surface area contributed by atoms with Crippen LogP contribution in [0.15, 0.2) is 30.5 Å². The zero-order valence-electron chi connectivity index (χ0n) is 10.1. The topological polar surface area (TPSA) is 4.93 Å². The summed E-state index contributed by atoms with van der Waals surface area (Å²) >= 11 is 0. The summed E-state index contributed by atoms with van der Waals surface area (Å²) in [6.07, 6.45) is 3.06. The highest BCUT2D eigenvalue weighted by Crippen LogP contribution is 2.23. The van der Waals surface area contributed by atoms with Gasteiger partial charge in [-0.05, 0) is 30.0 Å². The van der Waals surface area contributed by atoms with E-state index in [-0.39, 0.29) is 5.82 Å².